The Balaban J connectivity index is 3.09. The summed E-state index contributed by atoms with van der Waals surface area (Å²) in [6.45, 7) is -0.200. The molecule has 0 aliphatic rings. The van der Waals surface area contributed by atoms with E-state index in [4.69, 9.17) is 0 Å². The van der Waals surface area contributed by atoms with Gasteiger partial charge in [0, 0.05) is 388 Å². The predicted octanol–water partition coefficient (Wildman–Crippen LogP) is -6.09. The lowest BCUT2D eigenvalue weighted by atomic mass is 11.7. The first-order valence-electron chi connectivity index (χ1n) is 15.2. The van der Waals surface area contributed by atoms with E-state index in [1.54, 1.807) is 0 Å². The molecule has 0 heterocycles. The standard InChI is InChI=1S/C2H4O88/c1-4-6-8-10-12-14-16-18-20-22-24-26-28-30-32-34-36-38-40-42-44-46-48-50-52-54-56-58-60-62-64-66-68-70-72-74-76-78-80-82-84-86-88-90-89-87-85-83-81-79-77-75-73-71-69-67-65-63-61-59-57-55-53-51-49-47-45-43-41-39-37-35-33-31-29-27-25-23-21-19-17-15-13-11-9-7-5-2-3/h2H,1H3. The van der Waals surface area contributed by atoms with Crippen LogP contribution in [0.1, 0.15) is 0 Å². The summed E-state index contributed by atoms with van der Waals surface area (Å²) in [6, 6.07) is 0. The Morgan fingerprint density at radius 3 is 0.244 bits per heavy atom. The van der Waals surface area contributed by atoms with Gasteiger partial charge in [0.25, 0.3) is 0 Å². The molecule has 0 unspecified atom stereocenters. The number of hydrogen-bond acceptors (Lipinski definition) is 88. The van der Waals surface area contributed by atoms with Crippen molar-refractivity contribution in [2.24, 2.45) is 0 Å². The summed E-state index contributed by atoms with van der Waals surface area (Å²) >= 11 is 0. The third kappa shape index (κ3) is 84.0. The summed E-state index contributed by atoms with van der Waals surface area (Å²) in [6.07, 6.45) is 0. The summed E-state index contributed by atoms with van der Waals surface area (Å²) in [5, 5.41) is 298. The minimum absolute atomic E-state index is 0.200. The van der Waals surface area contributed by atoms with Crippen LogP contribution in [0.4, 0.5) is 0 Å². The van der Waals surface area contributed by atoms with Gasteiger partial charge in [-0.25, -0.2) is 4.89 Å². The van der Waals surface area contributed by atoms with Crippen LogP contribution in [-0.4, -0.2) is 13.6 Å². The monoisotopic (exact) mass is 1440 g/mol. The van der Waals surface area contributed by atoms with E-state index < -0.39 is 0 Å². The maximum absolute atomic E-state index is 9.59. The van der Waals surface area contributed by atoms with Crippen molar-refractivity contribution in [3.8, 4) is 0 Å². The van der Waals surface area contributed by atoms with Crippen LogP contribution in [0, 0.1) is 0 Å². The highest BCUT2D eigenvalue weighted by atomic mass is 18.1. The van der Waals surface area contributed by atoms with Crippen molar-refractivity contribution < 1.29 is 443 Å². The topological polar surface area (TPSA) is 820 Å². The Labute approximate surface area is 458 Å². The SMILES string of the molecule is COOOOOOOOOOOOOOOOOOOOOOOOOOOOOOOOOOOOOOOOOOOOOOOOOOOOOOOOOOOOOOOOOOOOOOOOOOOOOOOOOOOOOOOC=O. The number of carbonyl (C=O) groups excluding carboxylic acids is 1. The first kappa shape index (κ1) is 86.0. The largest absolute Gasteiger partial charge is 0.334 e. The van der Waals surface area contributed by atoms with Crippen LogP contribution in [-0.2, 0) is 443 Å². The van der Waals surface area contributed by atoms with Crippen LogP contribution in [0.25, 0.3) is 0 Å². The van der Waals surface area contributed by atoms with Crippen LogP contribution < -0.4 is 0 Å². The highest BCUT2D eigenvalue weighted by molar-refractivity contribution is 5.35. The van der Waals surface area contributed by atoms with Gasteiger partial charge in [0.05, 0.1) is 7.11 Å². The van der Waals surface area contributed by atoms with Crippen molar-refractivity contribution in [3.05, 3.63) is 0 Å². The van der Waals surface area contributed by atoms with E-state index in [-0.39, 0.29) is 6.47 Å². The molecule has 0 amide bonds. The molecule has 0 spiro atoms. The summed E-state index contributed by atoms with van der Waals surface area (Å²) in [4.78, 5) is 17.0. The van der Waals surface area contributed by atoms with Crippen molar-refractivity contribution in [1.82, 2.24) is 0 Å². The van der Waals surface area contributed by atoms with Gasteiger partial charge in [0.2, 0.25) is 0 Å². The van der Waals surface area contributed by atoms with Gasteiger partial charge in [-0.15, -0.1) is 0 Å². The first-order valence-corrected chi connectivity index (χ1v) is 15.2. The molecule has 0 aliphatic heterocycles. The molecule has 0 fully saturated rings. The molecule has 0 saturated carbocycles. The molecular weight excluding hydrogens is 1430 g/mol. The van der Waals surface area contributed by atoms with Crippen molar-refractivity contribution in [3.63, 3.8) is 0 Å². The summed E-state index contributed by atoms with van der Waals surface area (Å²) in [5.41, 5.74) is 0. The van der Waals surface area contributed by atoms with Gasteiger partial charge < -0.3 is 0 Å². The van der Waals surface area contributed by atoms with Crippen LogP contribution in [0.3, 0.4) is 0 Å². The molecule has 88 heteroatoms. The molecule has 0 radical (unpaired) electrons. The molecular formula is C2H4O88. The van der Waals surface area contributed by atoms with Gasteiger partial charge in [-0.05, 0) is 40.3 Å². The zero-order valence-electron chi connectivity index (χ0n) is 37.5. The average molecular weight is 1440 g/mol. The first-order chi connectivity index (χ1) is 44.9. The van der Waals surface area contributed by atoms with Crippen molar-refractivity contribution >= 4 is 6.47 Å². The fraction of sp³-hybridized carbons (Fsp3) is 0.500. The van der Waals surface area contributed by atoms with Crippen molar-refractivity contribution in [2.75, 3.05) is 7.11 Å². The zero-order valence-corrected chi connectivity index (χ0v) is 37.5. The molecule has 0 aromatic heterocycles. The maximum atomic E-state index is 9.59. The Kier molecular flexibility index (Phi) is 81.3. The molecule has 0 rings (SSSR count). The van der Waals surface area contributed by atoms with Gasteiger partial charge in [-0.3, -0.25) is 9.68 Å². The Bertz CT molecular complexity index is 1180. The fourth-order valence-electron chi connectivity index (χ4n) is 1.00. The highest BCUT2D eigenvalue weighted by Gasteiger charge is 2.08. The summed E-state index contributed by atoms with van der Waals surface area (Å²) < 4.78 is 0. The average Bonchev–Trinajstić information content (AvgIpc) is 3.55. The van der Waals surface area contributed by atoms with Crippen LogP contribution in [0.5, 0.6) is 0 Å². The van der Waals surface area contributed by atoms with Crippen LogP contribution in [0.15, 0.2) is 0 Å². The van der Waals surface area contributed by atoms with Crippen molar-refractivity contribution in [1.29, 1.82) is 0 Å². The van der Waals surface area contributed by atoms with E-state index in [0.717, 1.165) is 7.11 Å². The summed E-state index contributed by atoms with van der Waals surface area (Å²) in [7, 11) is 1.05. The second kappa shape index (κ2) is 85.0. The van der Waals surface area contributed by atoms with E-state index in [9.17, 15) is 4.79 Å². The molecule has 0 aromatic carbocycles. The minimum Gasteiger partial charge on any atom is -0.270 e. The number of rotatable bonds is 87. The number of carbonyl (C=O) groups is 1. The second-order valence-corrected chi connectivity index (χ2v) is 6.14. The Morgan fingerprint density at radius 2 is 0.178 bits per heavy atom. The van der Waals surface area contributed by atoms with Gasteiger partial charge >= 0.3 is 6.47 Å². The lowest BCUT2D eigenvalue weighted by molar-refractivity contribution is -0.913. The lowest BCUT2D eigenvalue weighted by Crippen LogP contribution is -2.07. The van der Waals surface area contributed by atoms with E-state index in [2.05, 4.69) is 438 Å². The fourth-order valence-corrected chi connectivity index (χ4v) is 1.00. The minimum atomic E-state index is -0.200. The third-order valence-electron chi connectivity index (χ3n) is 2.48. The lowest BCUT2D eigenvalue weighted by Gasteiger charge is -2.00. The third-order valence-corrected chi connectivity index (χ3v) is 2.48. The zero-order chi connectivity index (χ0) is 64.2. The Hall–Kier alpha value is -3.97. The molecule has 0 saturated heterocycles. The van der Waals surface area contributed by atoms with Crippen molar-refractivity contribution in [2.45, 2.75) is 0 Å². The molecule has 90 heavy (non-hydrogen) atoms. The molecule has 0 N–H and O–H groups in total. The summed E-state index contributed by atoms with van der Waals surface area (Å²) in [5.74, 6) is 0. The van der Waals surface area contributed by atoms with Crippen LogP contribution >= 0.6 is 0 Å². The van der Waals surface area contributed by atoms with Crippen LogP contribution in [0.2, 0.25) is 0 Å². The van der Waals surface area contributed by atoms with Gasteiger partial charge in [-0.2, -0.15) is 0 Å². The van der Waals surface area contributed by atoms with E-state index in [1.807, 2.05) is 0 Å². The van der Waals surface area contributed by atoms with Gasteiger partial charge in [0.15, 0.2) is 0 Å². The van der Waals surface area contributed by atoms with E-state index >= 15 is 0 Å². The van der Waals surface area contributed by atoms with Gasteiger partial charge in [0.1, 0.15) is 0 Å². The maximum Gasteiger partial charge on any atom is 0.334 e. The second-order valence-electron chi connectivity index (χ2n) is 6.14. The Morgan fingerprint density at radius 1 is 0.111 bits per heavy atom. The van der Waals surface area contributed by atoms with Gasteiger partial charge in [-0.1, -0.05) is 0 Å². The molecule has 0 aromatic rings. The molecule has 0 aliphatic carbocycles. The van der Waals surface area contributed by atoms with E-state index in [0.29, 0.717) is 0 Å². The quantitative estimate of drug-likeness (QED) is 0.0237. The predicted molar refractivity (Wildman–Crippen MR) is 106 cm³/mol. The van der Waals surface area contributed by atoms with E-state index in [1.165, 1.54) is 0 Å². The normalized spacial score (nSPS) is 11.7. The molecule has 0 atom stereocenters. The highest BCUT2D eigenvalue weighted by Crippen LogP contribution is 2.01. The molecule has 0 bridgehead atoms. The molecule has 88 nitrogen and oxygen atoms in total. The number of hydrogen-bond donors (Lipinski definition) is 0. The molecule has 540 valence electrons. The smallest absolute Gasteiger partial charge is 0.270 e.